The van der Waals surface area contributed by atoms with Gasteiger partial charge in [0.05, 0.1) is 0 Å². The van der Waals surface area contributed by atoms with Gasteiger partial charge in [-0.25, -0.2) is 0 Å². The predicted octanol–water partition coefficient (Wildman–Crippen LogP) is 4.10. The maximum Gasteiger partial charge on any atom is 0.221 e. The Morgan fingerprint density at radius 1 is 1.11 bits per heavy atom. The van der Waals surface area contributed by atoms with Crippen molar-refractivity contribution >= 4 is 0 Å². The van der Waals surface area contributed by atoms with Gasteiger partial charge in [0.15, 0.2) is 0 Å². The van der Waals surface area contributed by atoms with Crippen molar-refractivity contribution in [3.05, 3.63) is 47.7 Å². The fourth-order valence-electron chi connectivity index (χ4n) is 2.01. The highest BCUT2D eigenvalue weighted by Crippen LogP contribution is 2.27. The van der Waals surface area contributed by atoms with Crippen LogP contribution in [-0.4, -0.2) is 10.2 Å². The Hall–Kier alpha value is -1.64. The molecule has 0 radical (unpaired) electrons. The fraction of sp³-hybridized carbons (Fsp3) is 0.500. The van der Waals surface area contributed by atoms with E-state index in [0.29, 0.717) is 11.8 Å². The third kappa shape index (κ3) is 3.43. The number of aromatic nitrogens is 2. The molecule has 1 aromatic carbocycles. The SMILES string of the molecule is CC[C@@H](Cc1ccccc1)c1nnc(C(C)(C)C)o1. The van der Waals surface area contributed by atoms with Gasteiger partial charge in [0.1, 0.15) is 0 Å². The van der Waals surface area contributed by atoms with Gasteiger partial charge in [-0.15, -0.1) is 10.2 Å². The van der Waals surface area contributed by atoms with Gasteiger partial charge in [-0.05, 0) is 18.4 Å². The largest absolute Gasteiger partial charge is 0.424 e. The lowest BCUT2D eigenvalue weighted by molar-refractivity contribution is 0.352. The molecule has 0 aliphatic heterocycles. The highest BCUT2D eigenvalue weighted by molar-refractivity contribution is 5.17. The lowest BCUT2D eigenvalue weighted by Crippen LogP contribution is -2.11. The van der Waals surface area contributed by atoms with Gasteiger partial charge < -0.3 is 4.42 Å². The van der Waals surface area contributed by atoms with E-state index in [1.54, 1.807) is 0 Å². The van der Waals surface area contributed by atoms with Gasteiger partial charge in [-0.2, -0.15) is 0 Å². The summed E-state index contributed by atoms with van der Waals surface area (Å²) in [7, 11) is 0. The van der Waals surface area contributed by atoms with E-state index in [4.69, 9.17) is 4.42 Å². The quantitative estimate of drug-likeness (QED) is 0.828. The third-order valence-corrected chi connectivity index (χ3v) is 3.25. The summed E-state index contributed by atoms with van der Waals surface area (Å²) >= 11 is 0. The summed E-state index contributed by atoms with van der Waals surface area (Å²) in [5.41, 5.74) is 1.22. The van der Waals surface area contributed by atoms with Crippen molar-refractivity contribution in [3.63, 3.8) is 0 Å². The lowest BCUT2D eigenvalue weighted by atomic mass is 9.96. The highest BCUT2D eigenvalue weighted by Gasteiger charge is 2.24. The Labute approximate surface area is 115 Å². The van der Waals surface area contributed by atoms with Crippen LogP contribution in [0.5, 0.6) is 0 Å². The highest BCUT2D eigenvalue weighted by atomic mass is 16.4. The van der Waals surface area contributed by atoms with Crippen molar-refractivity contribution in [1.29, 1.82) is 0 Å². The number of benzene rings is 1. The Balaban J connectivity index is 2.16. The van der Waals surface area contributed by atoms with Crippen molar-refractivity contribution in [1.82, 2.24) is 10.2 Å². The Morgan fingerprint density at radius 3 is 2.32 bits per heavy atom. The molecule has 0 aliphatic rings. The van der Waals surface area contributed by atoms with E-state index < -0.39 is 0 Å². The molecule has 19 heavy (non-hydrogen) atoms. The van der Waals surface area contributed by atoms with Crippen LogP contribution in [0.4, 0.5) is 0 Å². The topological polar surface area (TPSA) is 38.9 Å². The second-order valence-electron chi connectivity index (χ2n) is 5.99. The molecule has 0 bridgehead atoms. The minimum absolute atomic E-state index is 0.0870. The minimum atomic E-state index is -0.0870. The van der Waals surface area contributed by atoms with Crippen LogP contribution in [0.3, 0.4) is 0 Å². The second kappa shape index (κ2) is 5.55. The van der Waals surface area contributed by atoms with Crippen molar-refractivity contribution in [2.45, 2.75) is 51.9 Å². The van der Waals surface area contributed by atoms with Crippen molar-refractivity contribution in [2.75, 3.05) is 0 Å². The number of rotatable bonds is 4. The molecule has 0 spiro atoms. The molecule has 3 nitrogen and oxygen atoms in total. The third-order valence-electron chi connectivity index (χ3n) is 3.25. The smallest absolute Gasteiger partial charge is 0.221 e. The molecule has 2 rings (SSSR count). The zero-order valence-corrected chi connectivity index (χ0v) is 12.2. The first-order valence-electron chi connectivity index (χ1n) is 6.88. The van der Waals surface area contributed by atoms with Crippen LogP contribution in [0.2, 0.25) is 0 Å². The molecule has 0 aliphatic carbocycles. The van der Waals surface area contributed by atoms with Crippen molar-refractivity contribution in [3.8, 4) is 0 Å². The molecular weight excluding hydrogens is 236 g/mol. The Morgan fingerprint density at radius 2 is 1.79 bits per heavy atom. The van der Waals surface area contributed by atoms with Gasteiger partial charge in [-0.1, -0.05) is 58.0 Å². The summed E-state index contributed by atoms with van der Waals surface area (Å²) in [5.74, 6) is 1.77. The monoisotopic (exact) mass is 258 g/mol. The maximum absolute atomic E-state index is 5.85. The van der Waals surface area contributed by atoms with E-state index >= 15 is 0 Å². The number of hydrogen-bond donors (Lipinski definition) is 0. The first-order chi connectivity index (χ1) is 9.00. The average Bonchev–Trinajstić information content (AvgIpc) is 2.86. The van der Waals surface area contributed by atoms with E-state index in [9.17, 15) is 0 Å². The van der Waals surface area contributed by atoms with Crippen LogP contribution >= 0.6 is 0 Å². The molecule has 102 valence electrons. The van der Waals surface area contributed by atoms with Gasteiger partial charge in [0.2, 0.25) is 11.8 Å². The van der Waals surface area contributed by atoms with Crippen molar-refractivity contribution in [2.24, 2.45) is 0 Å². The number of nitrogens with zero attached hydrogens (tertiary/aromatic N) is 2. The molecule has 0 N–H and O–H groups in total. The predicted molar refractivity (Wildman–Crippen MR) is 76.2 cm³/mol. The standard InChI is InChI=1S/C16H22N2O/c1-5-13(11-12-9-7-6-8-10-12)14-17-18-15(19-14)16(2,3)4/h6-10,13H,5,11H2,1-4H3/t13-/m0/s1. The van der Waals surface area contributed by atoms with Crippen LogP contribution in [0.15, 0.2) is 34.7 Å². The summed E-state index contributed by atoms with van der Waals surface area (Å²) in [4.78, 5) is 0. The molecular formula is C16H22N2O. The Kier molecular flexibility index (Phi) is 4.03. The van der Waals surface area contributed by atoms with E-state index in [1.165, 1.54) is 5.56 Å². The first kappa shape index (κ1) is 13.8. The van der Waals surface area contributed by atoms with E-state index in [2.05, 4.69) is 62.2 Å². The molecule has 0 unspecified atom stereocenters. The van der Waals surface area contributed by atoms with E-state index in [0.717, 1.165) is 18.7 Å². The average molecular weight is 258 g/mol. The molecule has 1 aromatic heterocycles. The molecule has 0 amide bonds. The summed E-state index contributed by atoms with van der Waals surface area (Å²) < 4.78 is 5.85. The molecule has 0 saturated carbocycles. The van der Waals surface area contributed by atoms with Crippen LogP contribution in [0.25, 0.3) is 0 Å². The van der Waals surface area contributed by atoms with E-state index in [1.807, 2.05) is 6.07 Å². The zero-order chi connectivity index (χ0) is 13.9. The van der Waals surface area contributed by atoms with Gasteiger partial charge in [-0.3, -0.25) is 0 Å². The molecule has 2 aromatic rings. The normalized spacial score (nSPS) is 13.5. The van der Waals surface area contributed by atoms with Crippen molar-refractivity contribution < 1.29 is 4.42 Å². The van der Waals surface area contributed by atoms with Crippen LogP contribution in [0.1, 0.15) is 57.4 Å². The van der Waals surface area contributed by atoms with Crippen LogP contribution in [-0.2, 0) is 11.8 Å². The molecule has 3 heteroatoms. The lowest BCUT2D eigenvalue weighted by Gasteiger charge is -2.13. The molecule has 0 fully saturated rings. The molecule has 1 heterocycles. The zero-order valence-electron chi connectivity index (χ0n) is 12.2. The fourth-order valence-corrected chi connectivity index (χ4v) is 2.01. The minimum Gasteiger partial charge on any atom is -0.424 e. The number of hydrogen-bond acceptors (Lipinski definition) is 3. The summed E-state index contributed by atoms with van der Waals surface area (Å²) in [5, 5.41) is 8.41. The molecule has 1 atom stereocenters. The summed E-state index contributed by atoms with van der Waals surface area (Å²) in [6.45, 7) is 8.42. The van der Waals surface area contributed by atoms with Gasteiger partial charge in [0, 0.05) is 11.3 Å². The first-order valence-corrected chi connectivity index (χ1v) is 6.88. The summed E-state index contributed by atoms with van der Waals surface area (Å²) in [6.07, 6.45) is 1.95. The van der Waals surface area contributed by atoms with Gasteiger partial charge in [0.25, 0.3) is 0 Å². The second-order valence-corrected chi connectivity index (χ2v) is 5.99. The molecule has 0 saturated heterocycles. The maximum atomic E-state index is 5.85. The van der Waals surface area contributed by atoms with Crippen LogP contribution < -0.4 is 0 Å². The van der Waals surface area contributed by atoms with E-state index in [-0.39, 0.29) is 5.41 Å². The summed E-state index contributed by atoms with van der Waals surface area (Å²) in [6, 6.07) is 10.5. The Bertz CT molecular complexity index is 511. The van der Waals surface area contributed by atoms with Gasteiger partial charge >= 0.3 is 0 Å². The van der Waals surface area contributed by atoms with Crippen LogP contribution in [0, 0.1) is 0 Å².